The number of ether oxygens (including phenoxy) is 1. The summed E-state index contributed by atoms with van der Waals surface area (Å²) in [7, 11) is 0. The van der Waals surface area contributed by atoms with E-state index >= 15 is 0 Å². The third-order valence-electron chi connectivity index (χ3n) is 4.98. The van der Waals surface area contributed by atoms with Gasteiger partial charge in [-0.1, -0.05) is 11.2 Å². The lowest BCUT2D eigenvalue weighted by atomic mass is 10.1. The van der Waals surface area contributed by atoms with Gasteiger partial charge in [0, 0.05) is 17.3 Å². The molecule has 1 fully saturated rings. The van der Waals surface area contributed by atoms with Crippen molar-refractivity contribution in [3.05, 3.63) is 52.3 Å². The summed E-state index contributed by atoms with van der Waals surface area (Å²) in [4.78, 5) is 29.3. The molecule has 1 aromatic carbocycles. The van der Waals surface area contributed by atoms with E-state index in [4.69, 9.17) is 9.26 Å². The maximum atomic E-state index is 12.7. The molecular weight excluding hydrogens is 358 g/mol. The van der Waals surface area contributed by atoms with Gasteiger partial charge in [0.15, 0.2) is 6.61 Å². The first-order valence-electron chi connectivity index (χ1n) is 9.23. The third-order valence-corrected chi connectivity index (χ3v) is 4.98. The highest BCUT2D eigenvalue weighted by molar-refractivity contribution is 6.04. The Balaban J connectivity index is 1.48. The fourth-order valence-electron chi connectivity index (χ4n) is 3.09. The Bertz CT molecular complexity index is 1080. The van der Waals surface area contributed by atoms with E-state index in [1.807, 2.05) is 32.0 Å². The lowest BCUT2D eigenvalue weighted by Gasteiger charge is -2.09. The first-order chi connectivity index (χ1) is 13.4. The van der Waals surface area contributed by atoms with E-state index in [1.54, 1.807) is 13.0 Å². The third kappa shape index (κ3) is 3.60. The van der Waals surface area contributed by atoms with Gasteiger partial charge in [0.05, 0.1) is 16.6 Å². The van der Waals surface area contributed by atoms with Crippen LogP contribution in [0.25, 0.3) is 11.1 Å². The van der Waals surface area contributed by atoms with E-state index in [0.29, 0.717) is 34.0 Å². The fourth-order valence-corrected chi connectivity index (χ4v) is 3.09. The molecule has 2 heterocycles. The molecule has 7 heteroatoms. The first-order valence-corrected chi connectivity index (χ1v) is 9.23. The molecule has 0 atom stereocenters. The van der Waals surface area contributed by atoms with E-state index in [0.717, 1.165) is 29.7 Å². The molecule has 0 saturated heterocycles. The normalized spacial score (nSPS) is 13.5. The van der Waals surface area contributed by atoms with Crippen molar-refractivity contribution in [2.75, 3.05) is 11.9 Å². The minimum atomic E-state index is -0.587. The molecule has 2 aromatic heterocycles. The summed E-state index contributed by atoms with van der Waals surface area (Å²) >= 11 is 0. The molecule has 0 bridgehead atoms. The number of esters is 1. The molecule has 4 rings (SSSR count). The van der Waals surface area contributed by atoms with Gasteiger partial charge in [-0.2, -0.15) is 0 Å². The van der Waals surface area contributed by atoms with Gasteiger partial charge in [0.1, 0.15) is 0 Å². The predicted molar refractivity (Wildman–Crippen MR) is 103 cm³/mol. The van der Waals surface area contributed by atoms with Crippen LogP contribution in [0, 0.1) is 20.8 Å². The second-order valence-electron chi connectivity index (χ2n) is 7.24. The van der Waals surface area contributed by atoms with Crippen molar-refractivity contribution >= 4 is 28.7 Å². The van der Waals surface area contributed by atoms with E-state index in [9.17, 15) is 9.59 Å². The average molecular weight is 379 g/mol. The number of carbonyl (C=O) groups is 2. The highest BCUT2D eigenvalue weighted by Crippen LogP contribution is 2.40. The smallest absolute Gasteiger partial charge is 0.339 e. The molecule has 1 aliphatic rings. The maximum Gasteiger partial charge on any atom is 0.339 e. The second kappa shape index (κ2) is 7.07. The number of aryl methyl sites for hydroxylation is 3. The first kappa shape index (κ1) is 18.2. The van der Waals surface area contributed by atoms with Crippen LogP contribution in [0.2, 0.25) is 0 Å². The van der Waals surface area contributed by atoms with Crippen molar-refractivity contribution < 1.29 is 18.8 Å². The number of nitrogens with one attached hydrogen (secondary N) is 1. The molecule has 1 aliphatic carbocycles. The molecule has 0 aliphatic heterocycles. The SMILES string of the molecule is Cc1ccc(NC(=O)COC(=O)c2cc(C3CC3)nc3onc(C)c23)cc1C. The molecule has 1 N–H and O–H groups in total. The Morgan fingerprint density at radius 2 is 1.96 bits per heavy atom. The molecule has 0 spiro atoms. The second-order valence-corrected chi connectivity index (χ2v) is 7.24. The van der Waals surface area contributed by atoms with Crippen LogP contribution in [0.15, 0.2) is 28.8 Å². The average Bonchev–Trinajstić information content (AvgIpc) is 3.46. The van der Waals surface area contributed by atoms with Gasteiger partial charge in [-0.15, -0.1) is 0 Å². The summed E-state index contributed by atoms with van der Waals surface area (Å²) in [6.07, 6.45) is 2.08. The van der Waals surface area contributed by atoms with Crippen molar-refractivity contribution in [2.45, 2.75) is 39.5 Å². The minimum absolute atomic E-state index is 0.327. The molecule has 28 heavy (non-hydrogen) atoms. The Kier molecular flexibility index (Phi) is 4.58. The Morgan fingerprint density at radius 1 is 1.18 bits per heavy atom. The van der Waals surface area contributed by atoms with Gasteiger partial charge in [-0.3, -0.25) is 4.79 Å². The number of hydrogen-bond donors (Lipinski definition) is 1. The van der Waals surface area contributed by atoms with Crippen LogP contribution in [0.5, 0.6) is 0 Å². The summed E-state index contributed by atoms with van der Waals surface area (Å²) in [5, 5.41) is 7.17. The Morgan fingerprint density at radius 3 is 2.68 bits per heavy atom. The van der Waals surface area contributed by atoms with Crippen LogP contribution in [-0.4, -0.2) is 28.6 Å². The number of nitrogens with zero attached hydrogens (tertiary/aromatic N) is 2. The van der Waals surface area contributed by atoms with Crippen molar-refractivity contribution in [3.63, 3.8) is 0 Å². The molecule has 7 nitrogen and oxygen atoms in total. The van der Waals surface area contributed by atoms with Gasteiger partial charge in [-0.25, -0.2) is 9.78 Å². The van der Waals surface area contributed by atoms with E-state index in [-0.39, 0.29) is 6.61 Å². The molecule has 144 valence electrons. The summed E-state index contributed by atoms with van der Waals surface area (Å²) < 4.78 is 10.5. The van der Waals surface area contributed by atoms with Crippen molar-refractivity contribution in [1.29, 1.82) is 0 Å². The van der Waals surface area contributed by atoms with Crippen molar-refractivity contribution in [2.24, 2.45) is 0 Å². The van der Waals surface area contributed by atoms with Crippen molar-refractivity contribution in [3.8, 4) is 0 Å². The zero-order chi connectivity index (χ0) is 19.8. The minimum Gasteiger partial charge on any atom is -0.452 e. The zero-order valence-corrected chi connectivity index (χ0v) is 16.0. The number of aromatic nitrogens is 2. The van der Waals surface area contributed by atoms with Crippen LogP contribution in [0.1, 0.15) is 51.6 Å². The number of benzene rings is 1. The monoisotopic (exact) mass is 379 g/mol. The summed E-state index contributed by atoms with van der Waals surface area (Å²) in [5.41, 5.74) is 4.91. The Labute approximate surface area is 162 Å². The number of amides is 1. The van der Waals surface area contributed by atoms with Gasteiger partial charge in [-0.05, 0) is 62.9 Å². The molecule has 0 radical (unpaired) electrons. The van der Waals surface area contributed by atoms with Crippen LogP contribution >= 0.6 is 0 Å². The van der Waals surface area contributed by atoms with Gasteiger partial charge < -0.3 is 14.6 Å². The molecule has 1 amide bonds. The van der Waals surface area contributed by atoms with E-state index in [1.165, 1.54) is 0 Å². The summed E-state index contributed by atoms with van der Waals surface area (Å²) in [6, 6.07) is 7.35. The highest BCUT2D eigenvalue weighted by Gasteiger charge is 2.29. The lowest BCUT2D eigenvalue weighted by Crippen LogP contribution is -2.21. The topological polar surface area (TPSA) is 94.3 Å². The van der Waals surface area contributed by atoms with Crippen LogP contribution in [-0.2, 0) is 9.53 Å². The molecular formula is C21H21N3O4. The Hall–Kier alpha value is -3.22. The fraction of sp³-hybridized carbons (Fsp3) is 0.333. The van der Waals surface area contributed by atoms with Crippen LogP contribution < -0.4 is 5.32 Å². The quantitative estimate of drug-likeness (QED) is 0.677. The van der Waals surface area contributed by atoms with Gasteiger partial charge >= 0.3 is 5.97 Å². The van der Waals surface area contributed by atoms with E-state index in [2.05, 4.69) is 15.5 Å². The van der Waals surface area contributed by atoms with Crippen molar-refractivity contribution in [1.82, 2.24) is 10.1 Å². The summed E-state index contributed by atoms with van der Waals surface area (Å²) in [6.45, 7) is 5.34. The predicted octanol–water partition coefficient (Wildman–Crippen LogP) is 3.82. The lowest BCUT2D eigenvalue weighted by molar-refractivity contribution is -0.119. The summed E-state index contributed by atoms with van der Waals surface area (Å²) in [5.74, 6) is -0.642. The number of hydrogen-bond acceptors (Lipinski definition) is 6. The number of anilines is 1. The number of rotatable bonds is 5. The number of pyridine rings is 1. The molecule has 3 aromatic rings. The zero-order valence-electron chi connectivity index (χ0n) is 16.0. The molecule has 0 unspecified atom stereocenters. The van der Waals surface area contributed by atoms with Crippen LogP contribution in [0.3, 0.4) is 0 Å². The molecule has 1 saturated carbocycles. The maximum absolute atomic E-state index is 12.7. The largest absolute Gasteiger partial charge is 0.452 e. The van der Waals surface area contributed by atoms with Gasteiger partial charge in [0.25, 0.3) is 11.6 Å². The van der Waals surface area contributed by atoms with Gasteiger partial charge in [0.2, 0.25) is 0 Å². The standard InChI is InChI=1S/C21H21N3O4/c1-11-4-7-15(8-12(11)2)22-18(25)10-27-21(26)16-9-17(14-5-6-14)23-20-19(16)13(3)24-28-20/h4,7-9,14H,5-6,10H2,1-3H3,(H,22,25). The number of fused-ring (bicyclic) bond motifs is 1. The van der Waals surface area contributed by atoms with E-state index < -0.39 is 11.9 Å². The number of carbonyl (C=O) groups excluding carboxylic acids is 2. The van der Waals surface area contributed by atoms with Crippen LogP contribution in [0.4, 0.5) is 5.69 Å². The highest BCUT2D eigenvalue weighted by atomic mass is 16.5.